The average molecular weight is 431 g/mol. The van der Waals surface area contributed by atoms with E-state index in [1.807, 2.05) is 12.1 Å². The first-order valence-electron chi connectivity index (χ1n) is 8.66. The van der Waals surface area contributed by atoms with Crippen LogP contribution in [0.2, 0.25) is 0 Å². The van der Waals surface area contributed by atoms with Crippen LogP contribution in [0.1, 0.15) is 29.5 Å². The number of nitrogens with zero attached hydrogens (tertiary/aromatic N) is 1. The summed E-state index contributed by atoms with van der Waals surface area (Å²) in [5, 5.41) is 14.9. The number of methoxy groups -OCH3 is 2. The highest BCUT2D eigenvalue weighted by atomic mass is 79.9. The van der Waals surface area contributed by atoms with Gasteiger partial charge in [-0.15, -0.1) is 0 Å². The minimum absolute atomic E-state index is 0.000283. The van der Waals surface area contributed by atoms with Gasteiger partial charge in [0.1, 0.15) is 11.5 Å². The second-order valence-corrected chi connectivity index (χ2v) is 7.65. The molecule has 1 aliphatic heterocycles. The van der Waals surface area contributed by atoms with Crippen LogP contribution in [0.5, 0.6) is 11.5 Å². The Morgan fingerprint density at radius 3 is 2.63 bits per heavy atom. The Morgan fingerprint density at radius 1 is 1.15 bits per heavy atom. The third kappa shape index (κ3) is 2.96. The number of ether oxygens (including phenoxy) is 2. The number of nitro benzene ring substituents is 1. The van der Waals surface area contributed by atoms with E-state index in [4.69, 9.17) is 9.47 Å². The van der Waals surface area contributed by atoms with Crippen molar-refractivity contribution in [3.05, 3.63) is 68.2 Å². The van der Waals surface area contributed by atoms with E-state index in [0.717, 1.165) is 33.5 Å². The van der Waals surface area contributed by atoms with Crippen molar-refractivity contribution in [3.8, 4) is 11.5 Å². The Labute approximate surface area is 165 Å². The van der Waals surface area contributed by atoms with Crippen molar-refractivity contribution in [1.29, 1.82) is 0 Å². The second kappa shape index (κ2) is 6.88. The molecule has 3 atom stereocenters. The third-order valence-corrected chi connectivity index (χ3v) is 5.87. The van der Waals surface area contributed by atoms with Crippen molar-refractivity contribution in [2.45, 2.75) is 18.4 Å². The van der Waals surface area contributed by atoms with E-state index in [-0.39, 0.29) is 28.5 Å². The Hall–Kier alpha value is -2.54. The van der Waals surface area contributed by atoms with Crippen molar-refractivity contribution in [2.75, 3.05) is 19.5 Å². The lowest BCUT2D eigenvalue weighted by molar-refractivity contribution is -0.385. The van der Waals surface area contributed by atoms with Crippen LogP contribution in [0, 0.1) is 16.0 Å². The van der Waals surface area contributed by atoms with E-state index in [0.29, 0.717) is 5.75 Å². The van der Waals surface area contributed by atoms with Gasteiger partial charge in [-0.2, -0.15) is 0 Å². The molecule has 140 valence electrons. The maximum Gasteiger partial charge on any atom is 0.273 e. The molecule has 7 heteroatoms. The smallest absolute Gasteiger partial charge is 0.273 e. The standard InChI is InChI=1S/C20H19BrN2O4/c1-26-17-7-6-11(21)8-16(17)19-14-5-3-4-13(14)15-9-12(23(24)25)10-18(27-2)20(15)22-19/h3-4,6-10,13-14,19,22H,5H2,1-2H3/t13-,14+,19-/m0/s1. The van der Waals surface area contributed by atoms with Crippen LogP contribution in [-0.2, 0) is 0 Å². The summed E-state index contributed by atoms with van der Waals surface area (Å²) in [5.41, 5.74) is 2.81. The average Bonchev–Trinajstić information content (AvgIpc) is 3.16. The van der Waals surface area contributed by atoms with Gasteiger partial charge in [0.05, 0.1) is 36.9 Å². The Morgan fingerprint density at radius 2 is 1.93 bits per heavy atom. The summed E-state index contributed by atoms with van der Waals surface area (Å²) in [7, 11) is 3.20. The Kier molecular flexibility index (Phi) is 4.55. The normalized spacial score (nSPS) is 22.6. The number of nitro groups is 1. The number of rotatable bonds is 4. The van der Waals surface area contributed by atoms with Gasteiger partial charge < -0.3 is 14.8 Å². The minimum Gasteiger partial charge on any atom is -0.496 e. The van der Waals surface area contributed by atoms with Gasteiger partial charge in [0.15, 0.2) is 0 Å². The van der Waals surface area contributed by atoms with Crippen LogP contribution < -0.4 is 14.8 Å². The van der Waals surface area contributed by atoms with E-state index < -0.39 is 0 Å². The highest BCUT2D eigenvalue weighted by Crippen LogP contribution is 2.54. The van der Waals surface area contributed by atoms with Gasteiger partial charge in [-0.25, -0.2) is 0 Å². The zero-order valence-electron chi connectivity index (χ0n) is 14.9. The van der Waals surface area contributed by atoms with Crippen LogP contribution in [-0.4, -0.2) is 19.1 Å². The molecule has 1 aliphatic carbocycles. The monoisotopic (exact) mass is 430 g/mol. The highest BCUT2D eigenvalue weighted by molar-refractivity contribution is 9.10. The first-order chi connectivity index (χ1) is 13.0. The lowest BCUT2D eigenvalue weighted by Crippen LogP contribution is -2.29. The van der Waals surface area contributed by atoms with Gasteiger partial charge in [0.25, 0.3) is 5.69 Å². The van der Waals surface area contributed by atoms with Gasteiger partial charge in [-0.05, 0) is 36.1 Å². The maximum atomic E-state index is 11.3. The van der Waals surface area contributed by atoms with Crippen molar-refractivity contribution in [2.24, 2.45) is 5.92 Å². The number of non-ortho nitro benzene ring substituents is 1. The molecule has 1 N–H and O–H groups in total. The third-order valence-electron chi connectivity index (χ3n) is 5.38. The molecule has 0 aromatic heterocycles. The minimum atomic E-state index is -0.375. The number of fused-ring (bicyclic) bond motifs is 3. The van der Waals surface area contributed by atoms with Gasteiger partial charge in [0, 0.05) is 22.0 Å². The molecule has 2 aromatic rings. The molecule has 2 aromatic carbocycles. The maximum absolute atomic E-state index is 11.3. The summed E-state index contributed by atoms with van der Waals surface area (Å²) in [6.45, 7) is 0. The molecule has 4 rings (SSSR count). The van der Waals surface area contributed by atoms with Gasteiger partial charge >= 0.3 is 0 Å². The number of nitrogens with one attached hydrogen (secondary N) is 1. The predicted molar refractivity (Wildman–Crippen MR) is 107 cm³/mol. The largest absolute Gasteiger partial charge is 0.496 e. The van der Waals surface area contributed by atoms with E-state index >= 15 is 0 Å². The zero-order chi connectivity index (χ0) is 19.1. The van der Waals surface area contributed by atoms with Gasteiger partial charge in [-0.1, -0.05) is 28.1 Å². The van der Waals surface area contributed by atoms with Crippen LogP contribution in [0.3, 0.4) is 0 Å². The van der Waals surface area contributed by atoms with Crippen molar-refractivity contribution in [3.63, 3.8) is 0 Å². The number of benzene rings is 2. The van der Waals surface area contributed by atoms with Crippen molar-refractivity contribution in [1.82, 2.24) is 0 Å². The molecule has 0 saturated heterocycles. The topological polar surface area (TPSA) is 73.6 Å². The van der Waals surface area contributed by atoms with Crippen LogP contribution in [0.25, 0.3) is 0 Å². The highest BCUT2D eigenvalue weighted by Gasteiger charge is 2.41. The van der Waals surface area contributed by atoms with Crippen molar-refractivity contribution >= 4 is 27.3 Å². The van der Waals surface area contributed by atoms with E-state index in [1.165, 1.54) is 13.2 Å². The van der Waals surface area contributed by atoms with Crippen LogP contribution >= 0.6 is 15.9 Å². The summed E-state index contributed by atoms with van der Waals surface area (Å²) >= 11 is 3.55. The van der Waals surface area contributed by atoms with Gasteiger partial charge in [0.2, 0.25) is 0 Å². The van der Waals surface area contributed by atoms with Crippen molar-refractivity contribution < 1.29 is 14.4 Å². The number of hydrogen-bond acceptors (Lipinski definition) is 5. The first kappa shape index (κ1) is 17.9. The molecule has 6 nitrogen and oxygen atoms in total. The molecular formula is C20H19BrN2O4. The molecule has 0 fully saturated rings. The van der Waals surface area contributed by atoms with Gasteiger partial charge in [-0.3, -0.25) is 10.1 Å². The Bertz CT molecular complexity index is 944. The molecule has 27 heavy (non-hydrogen) atoms. The lowest BCUT2D eigenvalue weighted by Gasteiger charge is -2.38. The fourth-order valence-electron chi connectivity index (χ4n) is 4.17. The molecule has 1 heterocycles. The van der Waals surface area contributed by atoms with Crippen LogP contribution in [0.4, 0.5) is 11.4 Å². The Balaban J connectivity index is 1.87. The second-order valence-electron chi connectivity index (χ2n) is 6.73. The van der Waals surface area contributed by atoms with Crippen LogP contribution in [0.15, 0.2) is 47.0 Å². The quantitative estimate of drug-likeness (QED) is 0.409. The summed E-state index contributed by atoms with van der Waals surface area (Å²) < 4.78 is 12.1. The molecule has 0 radical (unpaired) electrons. The summed E-state index contributed by atoms with van der Waals surface area (Å²) in [6.07, 6.45) is 5.18. The number of anilines is 1. The SMILES string of the molecule is COc1ccc(Br)cc1[C@H]1Nc2c(OC)cc([N+](=O)[O-])cc2[C@H]2C=CC[C@H]21. The molecule has 0 spiro atoms. The zero-order valence-corrected chi connectivity index (χ0v) is 16.5. The lowest BCUT2D eigenvalue weighted by atomic mass is 9.76. The summed E-state index contributed by atoms with van der Waals surface area (Å²) in [6, 6.07) is 9.09. The number of hydrogen-bond donors (Lipinski definition) is 1. The first-order valence-corrected chi connectivity index (χ1v) is 9.45. The molecule has 0 amide bonds. The number of halogens is 1. The fraction of sp³-hybridized carbons (Fsp3) is 0.300. The molecular weight excluding hydrogens is 412 g/mol. The number of allylic oxidation sites excluding steroid dienone is 2. The predicted octanol–water partition coefficient (Wildman–Crippen LogP) is 5.20. The molecule has 0 bridgehead atoms. The van der Waals surface area contributed by atoms with E-state index in [2.05, 4.69) is 39.5 Å². The van der Waals surface area contributed by atoms with E-state index in [1.54, 1.807) is 13.2 Å². The van der Waals surface area contributed by atoms with E-state index in [9.17, 15) is 10.1 Å². The fourth-order valence-corrected chi connectivity index (χ4v) is 4.55. The summed E-state index contributed by atoms with van der Waals surface area (Å²) in [4.78, 5) is 11.0. The summed E-state index contributed by atoms with van der Waals surface area (Å²) in [5.74, 6) is 1.62. The molecule has 0 unspecified atom stereocenters. The molecule has 2 aliphatic rings. The molecule has 0 saturated carbocycles.